The van der Waals surface area contributed by atoms with E-state index in [1.165, 1.54) is 5.69 Å². The molecule has 0 saturated carbocycles. The molecule has 0 spiro atoms. The molecule has 1 aromatic rings. The Kier molecular flexibility index (Phi) is 2.26. The van der Waals surface area contributed by atoms with Gasteiger partial charge in [0.2, 0.25) is 0 Å². The van der Waals surface area contributed by atoms with Crippen LogP contribution in [0.2, 0.25) is 0 Å². The van der Waals surface area contributed by atoms with Gasteiger partial charge in [-0.05, 0) is 6.58 Å². The first-order valence-corrected chi connectivity index (χ1v) is 3.54. The molecule has 0 fully saturated rings. The molecule has 0 atom stereocenters. The number of aromatic nitrogens is 1. The maximum atomic E-state index is 3.65. The minimum Gasteiger partial charge on any atom is -0.377 e. The second-order valence-electron chi connectivity index (χ2n) is 2.58. The Morgan fingerprint density at radius 2 is 1.91 bits per heavy atom. The number of nitrogens with zero attached hydrogens (tertiary/aromatic N) is 2. The van der Waals surface area contributed by atoms with Crippen LogP contribution in [-0.4, -0.2) is 14.1 Å². The van der Waals surface area contributed by atoms with Gasteiger partial charge < -0.3 is 4.90 Å². The predicted octanol–water partition coefficient (Wildman–Crippen LogP) is 1.14. The molecule has 0 aliphatic rings. The summed E-state index contributed by atoms with van der Waals surface area (Å²) in [5, 5.41) is 0. The molecule has 0 bridgehead atoms. The SMILES string of the molecule is C=C[n+]1ccc(N(C)C)cc1. The number of hydrogen-bond acceptors (Lipinski definition) is 1. The summed E-state index contributed by atoms with van der Waals surface area (Å²) in [5.41, 5.74) is 1.20. The van der Waals surface area contributed by atoms with Crippen molar-refractivity contribution in [3.63, 3.8) is 0 Å². The molecule has 0 aliphatic carbocycles. The molecule has 11 heavy (non-hydrogen) atoms. The second kappa shape index (κ2) is 3.19. The molecule has 0 amide bonds. The zero-order chi connectivity index (χ0) is 8.27. The van der Waals surface area contributed by atoms with E-state index in [0.29, 0.717) is 0 Å². The molecule has 2 nitrogen and oxygen atoms in total. The van der Waals surface area contributed by atoms with Crippen LogP contribution in [-0.2, 0) is 0 Å². The Hall–Kier alpha value is -1.31. The zero-order valence-corrected chi connectivity index (χ0v) is 6.99. The first-order valence-electron chi connectivity index (χ1n) is 3.54. The van der Waals surface area contributed by atoms with Crippen LogP contribution in [0.1, 0.15) is 0 Å². The van der Waals surface area contributed by atoms with Crippen molar-refractivity contribution in [2.45, 2.75) is 0 Å². The largest absolute Gasteiger partial charge is 0.377 e. The number of rotatable bonds is 2. The van der Waals surface area contributed by atoms with Crippen molar-refractivity contribution in [3.05, 3.63) is 31.1 Å². The van der Waals surface area contributed by atoms with Crippen LogP contribution in [0, 0.1) is 0 Å². The van der Waals surface area contributed by atoms with E-state index in [4.69, 9.17) is 0 Å². The van der Waals surface area contributed by atoms with Gasteiger partial charge in [0.1, 0.15) is 0 Å². The van der Waals surface area contributed by atoms with E-state index in [1.54, 1.807) is 6.20 Å². The van der Waals surface area contributed by atoms with Crippen LogP contribution in [0.25, 0.3) is 6.20 Å². The van der Waals surface area contributed by atoms with Crippen molar-refractivity contribution in [2.24, 2.45) is 0 Å². The van der Waals surface area contributed by atoms with Gasteiger partial charge in [-0.25, -0.2) is 0 Å². The van der Waals surface area contributed by atoms with Crippen molar-refractivity contribution in [2.75, 3.05) is 19.0 Å². The molecule has 0 saturated heterocycles. The third-order valence-electron chi connectivity index (χ3n) is 1.56. The molecule has 0 N–H and O–H groups in total. The lowest BCUT2D eigenvalue weighted by atomic mass is 10.4. The first kappa shape index (κ1) is 7.79. The van der Waals surface area contributed by atoms with E-state index >= 15 is 0 Å². The Bertz CT molecular complexity index is 236. The molecule has 0 radical (unpaired) electrons. The van der Waals surface area contributed by atoms with Gasteiger partial charge in [0.05, 0.1) is 0 Å². The van der Waals surface area contributed by atoms with E-state index in [-0.39, 0.29) is 0 Å². The van der Waals surface area contributed by atoms with Gasteiger partial charge in [-0.15, -0.1) is 0 Å². The normalized spacial score (nSPS) is 9.27. The molecule has 1 aromatic heterocycles. The number of pyridine rings is 1. The van der Waals surface area contributed by atoms with Gasteiger partial charge in [-0.2, -0.15) is 4.57 Å². The average molecular weight is 149 g/mol. The van der Waals surface area contributed by atoms with Crippen LogP contribution < -0.4 is 9.47 Å². The van der Waals surface area contributed by atoms with Gasteiger partial charge in [0, 0.05) is 31.9 Å². The van der Waals surface area contributed by atoms with Crippen LogP contribution in [0.3, 0.4) is 0 Å². The summed E-state index contributed by atoms with van der Waals surface area (Å²) in [6, 6.07) is 4.09. The quantitative estimate of drug-likeness (QED) is 0.572. The highest BCUT2D eigenvalue weighted by Gasteiger charge is 1.96. The van der Waals surface area contributed by atoms with Crippen molar-refractivity contribution >= 4 is 11.9 Å². The standard InChI is InChI=1S/C9H13N2/c1-4-11-7-5-9(6-8-11)10(2)3/h4-8H,1H2,2-3H3/q+1. The highest BCUT2D eigenvalue weighted by Crippen LogP contribution is 2.05. The Morgan fingerprint density at radius 3 is 2.27 bits per heavy atom. The molecule has 0 aliphatic heterocycles. The summed E-state index contributed by atoms with van der Waals surface area (Å²) in [5.74, 6) is 0. The summed E-state index contributed by atoms with van der Waals surface area (Å²) in [7, 11) is 4.04. The zero-order valence-electron chi connectivity index (χ0n) is 6.99. The summed E-state index contributed by atoms with van der Waals surface area (Å²) in [6.07, 6.45) is 5.71. The van der Waals surface area contributed by atoms with Crippen molar-refractivity contribution in [3.8, 4) is 0 Å². The predicted molar refractivity (Wildman–Crippen MR) is 47.4 cm³/mol. The topological polar surface area (TPSA) is 7.12 Å². The van der Waals surface area contributed by atoms with Crippen molar-refractivity contribution in [1.82, 2.24) is 0 Å². The van der Waals surface area contributed by atoms with Gasteiger partial charge in [0.15, 0.2) is 18.6 Å². The fourth-order valence-corrected chi connectivity index (χ4v) is 0.850. The number of hydrogen-bond donors (Lipinski definition) is 0. The van der Waals surface area contributed by atoms with Crippen LogP contribution in [0.15, 0.2) is 31.1 Å². The molecule has 0 unspecified atom stereocenters. The summed E-state index contributed by atoms with van der Waals surface area (Å²) in [6.45, 7) is 3.65. The van der Waals surface area contributed by atoms with Crippen LogP contribution in [0.4, 0.5) is 5.69 Å². The molecule has 0 aromatic carbocycles. The maximum Gasteiger partial charge on any atom is 0.176 e. The molecule has 1 heterocycles. The van der Waals surface area contributed by atoms with E-state index < -0.39 is 0 Å². The van der Waals surface area contributed by atoms with Gasteiger partial charge in [-0.1, -0.05) is 0 Å². The van der Waals surface area contributed by atoms with E-state index in [2.05, 4.69) is 11.5 Å². The van der Waals surface area contributed by atoms with Crippen LogP contribution in [0.5, 0.6) is 0 Å². The Balaban J connectivity index is 2.91. The van der Waals surface area contributed by atoms with Gasteiger partial charge >= 0.3 is 0 Å². The summed E-state index contributed by atoms with van der Waals surface area (Å²) < 4.78 is 1.91. The minimum absolute atomic E-state index is 1.20. The average Bonchev–Trinajstić information content (AvgIpc) is 2.05. The summed E-state index contributed by atoms with van der Waals surface area (Å²) >= 11 is 0. The van der Waals surface area contributed by atoms with Crippen molar-refractivity contribution in [1.29, 1.82) is 0 Å². The fraction of sp³-hybridized carbons (Fsp3) is 0.222. The van der Waals surface area contributed by atoms with Gasteiger partial charge in [0.25, 0.3) is 0 Å². The second-order valence-corrected chi connectivity index (χ2v) is 2.58. The lowest BCUT2D eigenvalue weighted by Gasteiger charge is -2.09. The molecular weight excluding hydrogens is 136 g/mol. The van der Waals surface area contributed by atoms with E-state index in [1.807, 2.05) is 43.2 Å². The molecular formula is C9H13N2+. The minimum atomic E-state index is 1.20. The first-order chi connectivity index (χ1) is 5.24. The molecule has 58 valence electrons. The number of anilines is 1. The third kappa shape index (κ3) is 1.80. The third-order valence-corrected chi connectivity index (χ3v) is 1.56. The van der Waals surface area contributed by atoms with Gasteiger partial charge in [-0.3, -0.25) is 0 Å². The summed E-state index contributed by atoms with van der Waals surface area (Å²) in [4.78, 5) is 2.06. The lowest BCUT2D eigenvalue weighted by Crippen LogP contribution is -2.24. The van der Waals surface area contributed by atoms with Crippen LogP contribution >= 0.6 is 0 Å². The van der Waals surface area contributed by atoms with E-state index in [0.717, 1.165) is 0 Å². The Morgan fingerprint density at radius 1 is 1.36 bits per heavy atom. The Labute approximate surface area is 67.4 Å². The fourth-order valence-electron chi connectivity index (χ4n) is 0.850. The van der Waals surface area contributed by atoms with Crippen molar-refractivity contribution < 1.29 is 4.57 Å². The lowest BCUT2D eigenvalue weighted by molar-refractivity contribution is -0.567. The monoisotopic (exact) mass is 149 g/mol. The highest BCUT2D eigenvalue weighted by molar-refractivity contribution is 5.41. The van der Waals surface area contributed by atoms with E-state index in [9.17, 15) is 0 Å². The molecule has 1 rings (SSSR count). The highest BCUT2D eigenvalue weighted by atomic mass is 15.1. The maximum absolute atomic E-state index is 3.65. The smallest absolute Gasteiger partial charge is 0.176 e. The molecule has 2 heteroatoms.